The first-order valence-electron chi connectivity index (χ1n) is 11.2. The van der Waals surface area contributed by atoms with Crippen LogP contribution in [0.4, 0.5) is 5.69 Å². The second kappa shape index (κ2) is 8.51. The van der Waals surface area contributed by atoms with Gasteiger partial charge >= 0.3 is 0 Å². The Labute approximate surface area is 203 Å². The summed E-state index contributed by atoms with van der Waals surface area (Å²) in [7, 11) is 1.58. The van der Waals surface area contributed by atoms with Gasteiger partial charge < -0.3 is 19.3 Å². The molecule has 0 bridgehead atoms. The Morgan fingerprint density at radius 3 is 2.49 bits per heavy atom. The minimum absolute atomic E-state index is 0.0333. The average molecular weight is 472 g/mol. The standard InChI is InChI=1S/C28H25NO6/c1-15-6-5-7-18(10-15)25-24(26(30)20-11-17(3)22(33-4)12-16(20)2)27(31)28(32)29(25)19-8-9-21-23(13-19)35-14-34-21/h5-13,25,30H,14H2,1-4H3/b26-24+. The zero-order chi connectivity index (χ0) is 24.9. The minimum atomic E-state index is -0.822. The largest absolute Gasteiger partial charge is 0.507 e. The quantitative estimate of drug-likeness (QED) is 0.328. The normalized spacial score (nSPS) is 18.3. The number of aliphatic hydroxyl groups excluding tert-OH is 1. The molecule has 0 spiro atoms. The third-order valence-electron chi connectivity index (χ3n) is 6.43. The predicted octanol–water partition coefficient (Wildman–Crippen LogP) is 4.98. The van der Waals surface area contributed by atoms with Crippen LogP contribution < -0.4 is 19.1 Å². The molecule has 0 saturated carbocycles. The molecule has 1 N–H and O–H groups in total. The lowest BCUT2D eigenvalue weighted by Crippen LogP contribution is -2.29. The molecule has 7 heteroatoms. The van der Waals surface area contributed by atoms with E-state index < -0.39 is 17.7 Å². The molecule has 2 aliphatic heterocycles. The summed E-state index contributed by atoms with van der Waals surface area (Å²) in [5, 5.41) is 11.5. The van der Waals surface area contributed by atoms with E-state index in [1.54, 1.807) is 37.4 Å². The molecule has 0 aliphatic carbocycles. The molecular formula is C28H25NO6. The van der Waals surface area contributed by atoms with Gasteiger partial charge in [0.1, 0.15) is 11.5 Å². The molecule has 1 amide bonds. The molecule has 1 atom stereocenters. The molecule has 1 unspecified atom stereocenters. The summed E-state index contributed by atoms with van der Waals surface area (Å²) in [6.45, 7) is 5.72. The van der Waals surface area contributed by atoms with Crippen molar-refractivity contribution < 1.29 is 28.9 Å². The van der Waals surface area contributed by atoms with Crippen LogP contribution in [0.15, 0.2) is 60.2 Å². The molecule has 0 aromatic heterocycles. The van der Waals surface area contributed by atoms with Gasteiger partial charge in [0.2, 0.25) is 6.79 Å². The van der Waals surface area contributed by atoms with Crippen LogP contribution in [-0.4, -0.2) is 30.7 Å². The maximum Gasteiger partial charge on any atom is 0.300 e. The van der Waals surface area contributed by atoms with Crippen molar-refractivity contribution in [2.45, 2.75) is 26.8 Å². The first-order chi connectivity index (χ1) is 16.8. The highest BCUT2D eigenvalue weighted by molar-refractivity contribution is 6.51. The van der Waals surface area contributed by atoms with Gasteiger partial charge in [-0.25, -0.2) is 0 Å². The zero-order valence-corrected chi connectivity index (χ0v) is 19.9. The topological polar surface area (TPSA) is 85.3 Å². The highest BCUT2D eigenvalue weighted by Gasteiger charge is 2.47. The molecule has 5 rings (SSSR count). The van der Waals surface area contributed by atoms with Gasteiger partial charge in [0.15, 0.2) is 11.5 Å². The van der Waals surface area contributed by atoms with Crippen LogP contribution in [-0.2, 0) is 9.59 Å². The molecule has 1 fully saturated rings. The molecule has 0 radical (unpaired) electrons. The lowest BCUT2D eigenvalue weighted by Gasteiger charge is -2.26. The molecule has 1 saturated heterocycles. The second-order valence-electron chi connectivity index (χ2n) is 8.76. The van der Waals surface area contributed by atoms with E-state index in [0.717, 1.165) is 16.7 Å². The van der Waals surface area contributed by atoms with Crippen molar-refractivity contribution in [3.63, 3.8) is 0 Å². The summed E-state index contributed by atoms with van der Waals surface area (Å²) < 4.78 is 16.3. The number of hydrogen-bond acceptors (Lipinski definition) is 6. The maximum atomic E-state index is 13.4. The van der Waals surface area contributed by atoms with Gasteiger partial charge in [0, 0.05) is 17.3 Å². The van der Waals surface area contributed by atoms with Crippen molar-refractivity contribution >= 4 is 23.1 Å². The van der Waals surface area contributed by atoms with Gasteiger partial charge in [-0.2, -0.15) is 0 Å². The highest BCUT2D eigenvalue weighted by atomic mass is 16.7. The lowest BCUT2D eigenvalue weighted by molar-refractivity contribution is -0.132. The Morgan fingerprint density at radius 1 is 0.971 bits per heavy atom. The van der Waals surface area contributed by atoms with Crippen LogP contribution in [0.1, 0.15) is 33.9 Å². The Morgan fingerprint density at radius 2 is 1.74 bits per heavy atom. The number of hydrogen-bond donors (Lipinski definition) is 1. The highest BCUT2D eigenvalue weighted by Crippen LogP contribution is 2.45. The molecule has 7 nitrogen and oxygen atoms in total. The monoisotopic (exact) mass is 471 g/mol. The minimum Gasteiger partial charge on any atom is -0.507 e. The van der Waals surface area contributed by atoms with Crippen LogP contribution in [0.5, 0.6) is 17.2 Å². The van der Waals surface area contributed by atoms with E-state index in [4.69, 9.17) is 14.2 Å². The number of rotatable bonds is 4. The SMILES string of the molecule is COc1cc(C)c(/C(O)=C2\C(=O)C(=O)N(c3ccc4c(c3)OCO4)C2c2cccc(C)c2)cc1C. The van der Waals surface area contributed by atoms with Gasteiger partial charge in [-0.15, -0.1) is 0 Å². The number of Topliss-reactive ketones (excluding diaryl/α,β-unsaturated/α-hetero) is 1. The summed E-state index contributed by atoms with van der Waals surface area (Å²) in [5.74, 6) is 0.0478. The Bertz CT molecular complexity index is 1410. The van der Waals surface area contributed by atoms with E-state index in [1.807, 2.05) is 45.0 Å². The van der Waals surface area contributed by atoms with E-state index in [-0.39, 0.29) is 18.1 Å². The first-order valence-corrected chi connectivity index (χ1v) is 11.2. The number of carbonyl (C=O) groups excluding carboxylic acids is 2. The smallest absolute Gasteiger partial charge is 0.300 e. The number of aliphatic hydroxyl groups is 1. The fourth-order valence-corrected chi connectivity index (χ4v) is 4.70. The van der Waals surface area contributed by atoms with E-state index in [9.17, 15) is 14.7 Å². The predicted molar refractivity (Wildman–Crippen MR) is 131 cm³/mol. The first kappa shape index (κ1) is 22.5. The molecule has 2 heterocycles. The summed E-state index contributed by atoms with van der Waals surface area (Å²) in [5.41, 5.74) is 4.20. The summed E-state index contributed by atoms with van der Waals surface area (Å²) >= 11 is 0. The third-order valence-corrected chi connectivity index (χ3v) is 6.43. The fraction of sp³-hybridized carbons (Fsp3) is 0.214. The number of nitrogens with zero attached hydrogens (tertiary/aromatic N) is 1. The second-order valence-corrected chi connectivity index (χ2v) is 8.76. The van der Waals surface area contributed by atoms with E-state index in [1.165, 1.54) is 4.90 Å². The van der Waals surface area contributed by atoms with Crippen LogP contribution in [0.25, 0.3) is 5.76 Å². The molecule has 2 aliphatic rings. The maximum absolute atomic E-state index is 13.4. The number of benzene rings is 3. The van der Waals surface area contributed by atoms with Crippen molar-refractivity contribution in [3.8, 4) is 17.2 Å². The molecule has 3 aromatic carbocycles. The van der Waals surface area contributed by atoms with Crippen molar-refractivity contribution in [1.29, 1.82) is 0 Å². The summed E-state index contributed by atoms with van der Waals surface area (Å²) in [4.78, 5) is 28.3. The van der Waals surface area contributed by atoms with E-state index in [2.05, 4.69) is 0 Å². The number of amides is 1. The summed E-state index contributed by atoms with van der Waals surface area (Å²) in [6.07, 6.45) is 0. The Hall–Kier alpha value is -4.26. The average Bonchev–Trinajstić information content (AvgIpc) is 3.41. The Balaban J connectivity index is 1.73. The van der Waals surface area contributed by atoms with Gasteiger partial charge in [-0.05, 0) is 61.7 Å². The third kappa shape index (κ3) is 3.69. The molecule has 178 valence electrons. The van der Waals surface area contributed by atoms with Crippen LogP contribution >= 0.6 is 0 Å². The van der Waals surface area contributed by atoms with Gasteiger partial charge in [0.05, 0.1) is 18.7 Å². The fourth-order valence-electron chi connectivity index (χ4n) is 4.70. The number of ketones is 1. The van der Waals surface area contributed by atoms with Crippen molar-refractivity contribution in [3.05, 3.63) is 88.0 Å². The van der Waals surface area contributed by atoms with Crippen LogP contribution in [0.3, 0.4) is 0 Å². The molecule has 35 heavy (non-hydrogen) atoms. The lowest BCUT2D eigenvalue weighted by atomic mass is 9.92. The van der Waals surface area contributed by atoms with E-state index >= 15 is 0 Å². The zero-order valence-electron chi connectivity index (χ0n) is 19.9. The van der Waals surface area contributed by atoms with Crippen molar-refractivity contribution in [2.24, 2.45) is 0 Å². The van der Waals surface area contributed by atoms with Gasteiger partial charge in [-0.1, -0.05) is 29.8 Å². The van der Waals surface area contributed by atoms with Gasteiger partial charge in [-0.3, -0.25) is 14.5 Å². The van der Waals surface area contributed by atoms with E-state index in [0.29, 0.717) is 34.1 Å². The molecular weight excluding hydrogens is 446 g/mol. The summed E-state index contributed by atoms with van der Waals surface area (Å²) in [6, 6.07) is 15.4. The van der Waals surface area contributed by atoms with Crippen molar-refractivity contribution in [1.82, 2.24) is 0 Å². The van der Waals surface area contributed by atoms with Gasteiger partial charge in [0.25, 0.3) is 11.7 Å². The molecule has 3 aromatic rings. The number of methoxy groups -OCH3 is 1. The number of fused-ring (bicyclic) bond motifs is 1. The number of ether oxygens (including phenoxy) is 3. The van der Waals surface area contributed by atoms with Crippen molar-refractivity contribution in [2.75, 3.05) is 18.8 Å². The van der Waals surface area contributed by atoms with Crippen LogP contribution in [0, 0.1) is 20.8 Å². The number of anilines is 1. The number of carbonyl (C=O) groups is 2. The van der Waals surface area contributed by atoms with Crippen LogP contribution in [0.2, 0.25) is 0 Å². The Kier molecular flexibility index (Phi) is 5.47. The number of aryl methyl sites for hydroxylation is 3.